The maximum Gasteiger partial charge on any atom is 0.573 e. The SMILES string of the molecule is CC(C)[C@H](CO)Nc1cc(N2CCc3ccc(OC(F)(F)F)cc3C2)ncn1. The van der Waals surface area contributed by atoms with Gasteiger partial charge < -0.3 is 20.1 Å². The third-order valence-corrected chi connectivity index (χ3v) is 4.73. The van der Waals surface area contributed by atoms with E-state index in [0.29, 0.717) is 31.1 Å². The number of rotatable bonds is 6. The van der Waals surface area contributed by atoms with Gasteiger partial charge in [-0.2, -0.15) is 0 Å². The zero-order valence-electron chi connectivity index (χ0n) is 15.7. The van der Waals surface area contributed by atoms with E-state index in [9.17, 15) is 18.3 Å². The first-order chi connectivity index (χ1) is 13.2. The molecule has 0 unspecified atom stereocenters. The minimum Gasteiger partial charge on any atom is -0.406 e. The van der Waals surface area contributed by atoms with Gasteiger partial charge in [-0.25, -0.2) is 9.97 Å². The normalized spacial score (nSPS) is 15.3. The number of aliphatic hydroxyl groups excluding tert-OH is 1. The average Bonchev–Trinajstić information content (AvgIpc) is 2.64. The highest BCUT2D eigenvalue weighted by molar-refractivity contribution is 5.51. The van der Waals surface area contributed by atoms with Crippen molar-refractivity contribution in [3.05, 3.63) is 41.7 Å². The first-order valence-electron chi connectivity index (χ1n) is 9.07. The standard InChI is InChI=1S/C19H23F3N4O2/c1-12(2)16(10-27)25-17-8-18(24-11-23-17)26-6-5-13-3-4-15(7-14(13)9-26)28-19(20,21)22/h3-4,7-8,11-12,16,27H,5-6,9-10H2,1-2H3,(H,23,24,25)/t16-/m0/s1. The summed E-state index contributed by atoms with van der Waals surface area (Å²) in [6.07, 6.45) is -2.58. The van der Waals surface area contributed by atoms with Gasteiger partial charge in [-0.15, -0.1) is 13.2 Å². The number of aliphatic hydroxyl groups is 1. The lowest BCUT2D eigenvalue weighted by Gasteiger charge is -2.30. The van der Waals surface area contributed by atoms with E-state index < -0.39 is 6.36 Å². The topological polar surface area (TPSA) is 70.5 Å². The monoisotopic (exact) mass is 396 g/mol. The highest BCUT2D eigenvalue weighted by Crippen LogP contribution is 2.29. The molecular formula is C19H23F3N4O2. The number of hydrogen-bond acceptors (Lipinski definition) is 6. The van der Waals surface area contributed by atoms with Crippen molar-refractivity contribution in [3.8, 4) is 5.75 Å². The largest absolute Gasteiger partial charge is 0.573 e. The van der Waals surface area contributed by atoms with Crippen LogP contribution in [0.2, 0.25) is 0 Å². The highest BCUT2D eigenvalue weighted by Gasteiger charge is 2.31. The van der Waals surface area contributed by atoms with Crippen LogP contribution in [-0.4, -0.2) is 40.6 Å². The lowest BCUT2D eigenvalue weighted by Crippen LogP contribution is -2.32. The number of hydrogen-bond donors (Lipinski definition) is 2. The molecule has 0 bridgehead atoms. The number of nitrogens with one attached hydrogen (secondary N) is 1. The summed E-state index contributed by atoms with van der Waals surface area (Å²) < 4.78 is 41.5. The summed E-state index contributed by atoms with van der Waals surface area (Å²) in [6.45, 7) is 5.09. The van der Waals surface area contributed by atoms with Crippen molar-refractivity contribution < 1.29 is 23.0 Å². The van der Waals surface area contributed by atoms with E-state index in [1.54, 1.807) is 12.1 Å². The molecule has 3 rings (SSSR count). The van der Waals surface area contributed by atoms with Crippen molar-refractivity contribution in [2.45, 2.75) is 39.2 Å². The molecule has 1 aliphatic heterocycles. The van der Waals surface area contributed by atoms with Crippen molar-refractivity contribution >= 4 is 11.6 Å². The Bertz CT molecular complexity index is 814. The molecule has 0 fully saturated rings. The van der Waals surface area contributed by atoms with E-state index >= 15 is 0 Å². The van der Waals surface area contributed by atoms with Crippen molar-refractivity contribution in [2.75, 3.05) is 23.4 Å². The Hall–Kier alpha value is -2.55. The second kappa shape index (κ2) is 8.22. The predicted molar refractivity (Wildman–Crippen MR) is 99.2 cm³/mol. The van der Waals surface area contributed by atoms with Gasteiger partial charge in [0.1, 0.15) is 23.7 Å². The Balaban J connectivity index is 1.76. The lowest BCUT2D eigenvalue weighted by atomic mass is 9.99. The van der Waals surface area contributed by atoms with Crippen LogP contribution in [0.1, 0.15) is 25.0 Å². The Morgan fingerprint density at radius 1 is 1.21 bits per heavy atom. The second-order valence-electron chi connectivity index (χ2n) is 7.09. The number of ether oxygens (including phenoxy) is 1. The summed E-state index contributed by atoms with van der Waals surface area (Å²) in [5.41, 5.74) is 1.77. The van der Waals surface area contributed by atoms with Crippen LogP contribution in [0.4, 0.5) is 24.8 Å². The van der Waals surface area contributed by atoms with Gasteiger partial charge in [-0.05, 0) is 35.6 Å². The predicted octanol–water partition coefficient (Wildman–Crippen LogP) is 3.37. The molecule has 28 heavy (non-hydrogen) atoms. The number of benzene rings is 1. The molecule has 1 aromatic carbocycles. The molecule has 2 N–H and O–H groups in total. The number of aromatic nitrogens is 2. The number of fused-ring (bicyclic) bond motifs is 1. The molecular weight excluding hydrogens is 373 g/mol. The smallest absolute Gasteiger partial charge is 0.406 e. The van der Waals surface area contributed by atoms with Gasteiger partial charge in [0.05, 0.1) is 12.6 Å². The van der Waals surface area contributed by atoms with Crippen molar-refractivity contribution in [3.63, 3.8) is 0 Å². The van der Waals surface area contributed by atoms with E-state index in [4.69, 9.17) is 0 Å². The van der Waals surface area contributed by atoms with E-state index in [2.05, 4.69) is 20.0 Å². The fraction of sp³-hybridized carbons (Fsp3) is 0.474. The van der Waals surface area contributed by atoms with E-state index in [-0.39, 0.29) is 24.3 Å². The molecule has 0 aliphatic carbocycles. The van der Waals surface area contributed by atoms with Crippen LogP contribution in [0.15, 0.2) is 30.6 Å². The molecule has 0 saturated carbocycles. The van der Waals surface area contributed by atoms with Crippen LogP contribution in [0.5, 0.6) is 5.75 Å². The van der Waals surface area contributed by atoms with Gasteiger partial charge in [0.25, 0.3) is 0 Å². The molecule has 0 radical (unpaired) electrons. The van der Waals surface area contributed by atoms with E-state index in [1.165, 1.54) is 18.5 Å². The number of anilines is 2. The lowest BCUT2D eigenvalue weighted by molar-refractivity contribution is -0.274. The first kappa shape index (κ1) is 20.2. The second-order valence-corrected chi connectivity index (χ2v) is 7.09. The average molecular weight is 396 g/mol. The maximum absolute atomic E-state index is 12.5. The van der Waals surface area contributed by atoms with Gasteiger partial charge in [0.2, 0.25) is 0 Å². The molecule has 0 saturated heterocycles. The third-order valence-electron chi connectivity index (χ3n) is 4.73. The van der Waals surface area contributed by atoms with Crippen LogP contribution >= 0.6 is 0 Å². The Labute approximate surface area is 161 Å². The molecule has 1 aromatic heterocycles. The Kier molecular flexibility index (Phi) is 5.93. The fourth-order valence-electron chi connectivity index (χ4n) is 3.14. The molecule has 2 heterocycles. The number of nitrogens with zero attached hydrogens (tertiary/aromatic N) is 3. The van der Waals surface area contributed by atoms with E-state index in [0.717, 1.165) is 11.1 Å². The molecule has 0 amide bonds. The van der Waals surface area contributed by atoms with Gasteiger partial charge in [-0.1, -0.05) is 19.9 Å². The van der Waals surface area contributed by atoms with Gasteiger partial charge in [0, 0.05) is 19.2 Å². The summed E-state index contributed by atoms with van der Waals surface area (Å²) in [4.78, 5) is 10.5. The molecule has 9 heteroatoms. The zero-order valence-corrected chi connectivity index (χ0v) is 15.7. The Morgan fingerprint density at radius 2 is 2.00 bits per heavy atom. The maximum atomic E-state index is 12.5. The highest BCUT2D eigenvalue weighted by atomic mass is 19.4. The molecule has 1 aliphatic rings. The zero-order chi connectivity index (χ0) is 20.3. The Morgan fingerprint density at radius 3 is 2.68 bits per heavy atom. The van der Waals surface area contributed by atoms with Gasteiger partial charge >= 0.3 is 6.36 Å². The van der Waals surface area contributed by atoms with Crippen molar-refractivity contribution in [1.29, 1.82) is 0 Å². The first-order valence-corrected chi connectivity index (χ1v) is 9.07. The fourth-order valence-corrected chi connectivity index (χ4v) is 3.14. The van der Waals surface area contributed by atoms with Crippen LogP contribution in [-0.2, 0) is 13.0 Å². The van der Waals surface area contributed by atoms with Gasteiger partial charge in [-0.3, -0.25) is 0 Å². The molecule has 6 nitrogen and oxygen atoms in total. The summed E-state index contributed by atoms with van der Waals surface area (Å²) in [7, 11) is 0. The quantitative estimate of drug-likeness (QED) is 0.780. The van der Waals surface area contributed by atoms with Crippen LogP contribution in [0.3, 0.4) is 0 Å². The summed E-state index contributed by atoms with van der Waals surface area (Å²) in [6, 6.07) is 6.10. The van der Waals surface area contributed by atoms with E-state index in [1.807, 2.05) is 18.7 Å². The minimum atomic E-state index is -4.71. The van der Waals surface area contributed by atoms with Gasteiger partial charge in [0.15, 0.2) is 0 Å². The number of alkyl halides is 3. The molecule has 0 spiro atoms. The molecule has 2 aromatic rings. The minimum absolute atomic E-state index is 0.0178. The third kappa shape index (κ3) is 5.03. The van der Waals surface area contributed by atoms with Crippen LogP contribution in [0, 0.1) is 5.92 Å². The van der Waals surface area contributed by atoms with Crippen LogP contribution < -0.4 is 15.0 Å². The van der Waals surface area contributed by atoms with Crippen molar-refractivity contribution in [2.24, 2.45) is 5.92 Å². The van der Waals surface area contributed by atoms with Crippen molar-refractivity contribution in [1.82, 2.24) is 9.97 Å². The number of halogens is 3. The molecule has 1 atom stereocenters. The summed E-state index contributed by atoms with van der Waals surface area (Å²) >= 11 is 0. The summed E-state index contributed by atoms with van der Waals surface area (Å²) in [5, 5.41) is 12.7. The summed E-state index contributed by atoms with van der Waals surface area (Å²) in [5.74, 6) is 1.27. The van der Waals surface area contributed by atoms with Crippen LogP contribution in [0.25, 0.3) is 0 Å². The molecule has 152 valence electrons.